The van der Waals surface area contributed by atoms with E-state index in [2.05, 4.69) is 27.4 Å². The van der Waals surface area contributed by atoms with Gasteiger partial charge < -0.3 is 0 Å². The molecule has 0 nitrogen and oxygen atoms in total. The van der Waals surface area contributed by atoms with Gasteiger partial charge in [0.15, 0.2) is 0 Å². The van der Waals surface area contributed by atoms with Crippen LogP contribution < -0.4 is 0 Å². The smallest absolute Gasteiger partial charge is 0.00837 e. The Morgan fingerprint density at radius 3 is 2.65 bits per heavy atom. The predicted octanol–water partition coefficient (Wildman–Crippen LogP) is 6.29. The molecule has 4 atom stereocenters. The summed E-state index contributed by atoms with van der Waals surface area (Å²) in [5.74, 6) is 2.52. The van der Waals surface area contributed by atoms with Gasteiger partial charge in [-0.05, 0) is 81.5 Å². The number of hydrogen-bond donors (Lipinski definition) is 0. The van der Waals surface area contributed by atoms with Crippen molar-refractivity contribution in [3.05, 3.63) is 23.3 Å². The van der Waals surface area contributed by atoms with Gasteiger partial charge in [-0.1, -0.05) is 43.6 Å². The molecule has 0 amide bonds. The zero-order chi connectivity index (χ0) is 14.3. The molecule has 0 heteroatoms. The van der Waals surface area contributed by atoms with Crippen molar-refractivity contribution in [2.75, 3.05) is 0 Å². The molecule has 0 aromatic carbocycles. The third kappa shape index (κ3) is 2.40. The lowest BCUT2D eigenvalue weighted by molar-refractivity contribution is 0.201. The zero-order valence-corrected chi connectivity index (χ0v) is 13.8. The van der Waals surface area contributed by atoms with Crippen LogP contribution in [-0.2, 0) is 0 Å². The van der Waals surface area contributed by atoms with E-state index in [0.29, 0.717) is 5.41 Å². The number of hydrogen-bond acceptors (Lipinski definition) is 0. The molecule has 3 rings (SSSR count). The molecule has 2 bridgehead atoms. The van der Waals surface area contributed by atoms with E-state index in [-0.39, 0.29) is 0 Å². The van der Waals surface area contributed by atoms with E-state index in [4.69, 9.17) is 0 Å². The summed E-state index contributed by atoms with van der Waals surface area (Å²) < 4.78 is 0. The Labute approximate surface area is 125 Å². The maximum absolute atomic E-state index is 4.51. The topological polar surface area (TPSA) is 0 Å². The second-order valence-electron chi connectivity index (χ2n) is 8.26. The van der Waals surface area contributed by atoms with Gasteiger partial charge in [-0.2, -0.15) is 0 Å². The van der Waals surface area contributed by atoms with E-state index in [1.807, 2.05) is 5.57 Å². The van der Waals surface area contributed by atoms with E-state index in [1.165, 1.54) is 57.8 Å². The molecule has 0 aliphatic heterocycles. The van der Waals surface area contributed by atoms with Gasteiger partial charge in [-0.15, -0.1) is 0 Å². The minimum absolute atomic E-state index is 0.584. The average molecular weight is 272 g/mol. The highest BCUT2D eigenvalue weighted by Gasteiger charge is 2.48. The molecule has 1 unspecified atom stereocenters. The third-order valence-electron chi connectivity index (χ3n) is 6.86. The molecule has 112 valence electrons. The highest BCUT2D eigenvalue weighted by molar-refractivity contribution is 5.28. The Balaban J connectivity index is 1.95. The molecular weight excluding hydrogens is 240 g/mol. The summed E-state index contributed by atoms with van der Waals surface area (Å²) >= 11 is 0. The minimum Gasteiger partial charge on any atom is -0.0996 e. The van der Waals surface area contributed by atoms with Gasteiger partial charge in [0.05, 0.1) is 0 Å². The van der Waals surface area contributed by atoms with Crippen LogP contribution in [0.4, 0.5) is 0 Å². The molecule has 3 aliphatic rings. The van der Waals surface area contributed by atoms with Crippen LogP contribution in [0.1, 0.15) is 78.6 Å². The van der Waals surface area contributed by atoms with Crippen molar-refractivity contribution in [3.63, 3.8) is 0 Å². The maximum atomic E-state index is 4.51. The van der Waals surface area contributed by atoms with E-state index in [9.17, 15) is 0 Å². The van der Waals surface area contributed by atoms with Crippen LogP contribution in [0.5, 0.6) is 0 Å². The van der Waals surface area contributed by atoms with Gasteiger partial charge in [-0.3, -0.25) is 0 Å². The molecule has 0 aromatic heterocycles. The first-order valence-electron chi connectivity index (χ1n) is 8.87. The first kappa shape index (κ1) is 14.4. The van der Waals surface area contributed by atoms with Crippen molar-refractivity contribution in [1.82, 2.24) is 0 Å². The Bertz CT molecular complexity index is 427. The lowest BCUT2D eigenvalue weighted by Crippen LogP contribution is -2.31. The van der Waals surface area contributed by atoms with E-state index < -0.39 is 0 Å². The fourth-order valence-electron chi connectivity index (χ4n) is 5.44. The van der Waals surface area contributed by atoms with Crippen LogP contribution in [0.3, 0.4) is 0 Å². The Hall–Kier alpha value is -0.520. The van der Waals surface area contributed by atoms with Crippen molar-refractivity contribution in [2.45, 2.75) is 78.6 Å². The molecule has 0 N–H and O–H groups in total. The van der Waals surface area contributed by atoms with Crippen LogP contribution in [0.2, 0.25) is 0 Å². The molecular formula is C20H32. The number of allylic oxidation sites excluding steroid dienone is 3. The van der Waals surface area contributed by atoms with Crippen molar-refractivity contribution in [1.29, 1.82) is 0 Å². The standard InChI is InChI=1S/C20H32/c1-14-6-5-7-15(2)18-11-13-20(4)12-10-17(9-8-14)16(3)19(18)20/h14,18-19H,2,5-13H2,1,3-4H3/t14?,18-,19+,20-/m0/s1. The van der Waals surface area contributed by atoms with Gasteiger partial charge in [-0.25, -0.2) is 0 Å². The normalized spacial score (nSPS) is 42.5. The minimum atomic E-state index is 0.584. The Morgan fingerprint density at radius 1 is 1.05 bits per heavy atom. The van der Waals surface area contributed by atoms with Crippen molar-refractivity contribution in [2.24, 2.45) is 23.2 Å². The summed E-state index contributed by atoms with van der Waals surface area (Å²) in [5.41, 5.74) is 5.76. The molecule has 1 saturated carbocycles. The monoisotopic (exact) mass is 272 g/mol. The average Bonchev–Trinajstić information content (AvgIpc) is 2.75. The lowest BCUT2D eigenvalue weighted by atomic mass is 9.63. The van der Waals surface area contributed by atoms with E-state index >= 15 is 0 Å². The summed E-state index contributed by atoms with van der Waals surface area (Å²) in [5, 5.41) is 0. The predicted molar refractivity (Wildman–Crippen MR) is 87.6 cm³/mol. The molecule has 0 aromatic rings. The van der Waals surface area contributed by atoms with Crippen LogP contribution in [0, 0.1) is 23.2 Å². The fourth-order valence-corrected chi connectivity index (χ4v) is 5.44. The summed E-state index contributed by atoms with van der Waals surface area (Å²) in [6.45, 7) is 12.0. The van der Waals surface area contributed by atoms with Crippen molar-refractivity contribution >= 4 is 0 Å². The van der Waals surface area contributed by atoms with Crippen molar-refractivity contribution in [3.8, 4) is 0 Å². The molecule has 1 fully saturated rings. The molecule has 0 saturated heterocycles. The molecule has 20 heavy (non-hydrogen) atoms. The molecule has 0 radical (unpaired) electrons. The van der Waals surface area contributed by atoms with Gasteiger partial charge in [0.25, 0.3) is 0 Å². The van der Waals surface area contributed by atoms with Gasteiger partial charge in [0.2, 0.25) is 0 Å². The summed E-state index contributed by atoms with van der Waals surface area (Å²) in [4.78, 5) is 0. The quantitative estimate of drug-likeness (QED) is 0.455. The summed E-state index contributed by atoms with van der Waals surface area (Å²) in [7, 11) is 0. The Morgan fingerprint density at radius 2 is 1.85 bits per heavy atom. The van der Waals surface area contributed by atoms with Crippen LogP contribution in [0.15, 0.2) is 23.3 Å². The van der Waals surface area contributed by atoms with Gasteiger partial charge in [0.1, 0.15) is 0 Å². The molecule has 3 aliphatic carbocycles. The largest absolute Gasteiger partial charge is 0.0996 e. The Kier molecular flexibility index (Phi) is 3.86. The van der Waals surface area contributed by atoms with Crippen LogP contribution in [-0.4, -0.2) is 0 Å². The van der Waals surface area contributed by atoms with Gasteiger partial charge >= 0.3 is 0 Å². The highest BCUT2D eigenvalue weighted by atomic mass is 14.5. The van der Waals surface area contributed by atoms with Crippen molar-refractivity contribution < 1.29 is 0 Å². The van der Waals surface area contributed by atoms with Crippen LogP contribution >= 0.6 is 0 Å². The van der Waals surface area contributed by atoms with Crippen LogP contribution in [0.25, 0.3) is 0 Å². The van der Waals surface area contributed by atoms with E-state index in [1.54, 1.807) is 11.1 Å². The SMILES string of the molecule is C=C1CCCC(C)CCC2=C(C)[C@@H]3[C@H]1CC[C@]3(C)CC2. The molecule has 0 spiro atoms. The first-order chi connectivity index (χ1) is 9.51. The second-order valence-corrected chi connectivity index (χ2v) is 8.26. The number of rotatable bonds is 0. The third-order valence-corrected chi connectivity index (χ3v) is 6.86. The highest BCUT2D eigenvalue weighted by Crippen LogP contribution is 2.59. The summed E-state index contributed by atoms with van der Waals surface area (Å²) in [6, 6.07) is 0. The van der Waals surface area contributed by atoms with E-state index in [0.717, 1.165) is 17.8 Å². The summed E-state index contributed by atoms with van der Waals surface area (Å²) in [6.07, 6.45) is 12.5. The zero-order valence-electron chi connectivity index (χ0n) is 13.8. The first-order valence-corrected chi connectivity index (χ1v) is 8.87. The lowest BCUT2D eigenvalue weighted by Gasteiger charge is -2.41. The molecule has 0 heterocycles. The van der Waals surface area contributed by atoms with Gasteiger partial charge in [0, 0.05) is 0 Å². The maximum Gasteiger partial charge on any atom is -0.00837 e. The second kappa shape index (κ2) is 5.35. The fraction of sp³-hybridized carbons (Fsp3) is 0.800.